The van der Waals surface area contributed by atoms with Crippen LogP contribution in [0.15, 0.2) is 8.68 Å². The highest BCUT2D eigenvalue weighted by atomic mass is 32.2. The summed E-state index contributed by atoms with van der Waals surface area (Å²) < 4.78 is 3.96. The summed E-state index contributed by atoms with van der Waals surface area (Å²) in [6.45, 7) is 6.19. The number of nitrogens with zero attached hydrogens (tertiary/aromatic N) is 4. The highest BCUT2D eigenvalue weighted by molar-refractivity contribution is 8.03. The predicted octanol–water partition coefficient (Wildman–Crippen LogP) is 5.96. The van der Waals surface area contributed by atoms with Gasteiger partial charge >= 0.3 is 0 Å². The normalized spacial score (nSPS) is 14.6. The Labute approximate surface area is 191 Å². The molecule has 2 aromatic heterocycles. The molecular weight excluding hydrogens is 434 g/mol. The van der Waals surface area contributed by atoms with Crippen LogP contribution in [0.3, 0.4) is 0 Å². The van der Waals surface area contributed by atoms with Crippen molar-refractivity contribution in [3.63, 3.8) is 0 Å². The van der Waals surface area contributed by atoms with Gasteiger partial charge in [0, 0.05) is 17.5 Å². The average molecular weight is 464 g/mol. The summed E-state index contributed by atoms with van der Waals surface area (Å²) in [6.07, 6.45) is 8.18. The molecule has 0 atom stereocenters. The Morgan fingerprint density at radius 1 is 1.23 bits per heavy atom. The van der Waals surface area contributed by atoms with E-state index in [-0.39, 0.29) is 11.7 Å². The maximum Gasteiger partial charge on any atom is 0.235 e. The van der Waals surface area contributed by atoms with Crippen molar-refractivity contribution in [1.29, 1.82) is 5.26 Å². The molecule has 1 aliphatic rings. The van der Waals surface area contributed by atoms with E-state index in [1.54, 1.807) is 11.8 Å². The first-order valence-electron chi connectivity index (χ1n) is 10.6. The lowest BCUT2D eigenvalue weighted by Gasteiger charge is -2.27. The molecule has 2 aromatic rings. The van der Waals surface area contributed by atoms with Crippen molar-refractivity contribution in [1.82, 2.24) is 14.8 Å². The topological polar surface area (TPSA) is 83.6 Å². The van der Waals surface area contributed by atoms with Crippen molar-refractivity contribution in [3.05, 3.63) is 16.8 Å². The second kappa shape index (κ2) is 11.2. The number of hydrogen-bond acceptors (Lipinski definition) is 7. The van der Waals surface area contributed by atoms with Crippen LogP contribution in [0.25, 0.3) is 0 Å². The number of carbonyl (C=O) groups is 1. The Bertz CT molecular complexity index is 909. The highest BCUT2D eigenvalue weighted by Crippen LogP contribution is 2.37. The van der Waals surface area contributed by atoms with Crippen LogP contribution < -0.4 is 5.32 Å². The van der Waals surface area contributed by atoms with Gasteiger partial charge in [0.1, 0.15) is 11.9 Å². The molecule has 1 amide bonds. The van der Waals surface area contributed by atoms with Crippen LogP contribution in [0.2, 0.25) is 0 Å². The van der Waals surface area contributed by atoms with Gasteiger partial charge in [0.15, 0.2) is 8.68 Å². The molecule has 6 nitrogen and oxygen atoms in total. The Morgan fingerprint density at radius 2 is 1.93 bits per heavy atom. The molecule has 0 radical (unpaired) electrons. The number of aromatic nitrogens is 3. The van der Waals surface area contributed by atoms with Gasteiger partial charge in [0.2, 0.25) is 5.91 Å². The van der Waals surface area contributed by atoms with Crippen molar-refractivity contribution >= 4 is 46.6 Å². The van der Waals surface area contributed by atoms with Gasteiger partial charge in [-0.1, -0.05) is 67.5 Å². The molecule has 1 aliphatic carbocycles. The molecule has 9 heteroatoms. The fourth-order valence-corrected chi connectivity index (χ4v) is 6.77. The molecule has 1 saturated carbocycles. The lowest BCUT2D eigenvalue weighted by molar-refractivity contribution is -0.113. The first-order valence-corrected chi connectivity index (χ1v) is 13.3. The van der Waals surface area contributed by atoms with Gasteiger partial charge in [-0.25, -0.2) is 0 Å². The summed E-state index contributed by atoms with van der Waals surface area (Å²) in [5, 5.41) is 21.1. The van der Waals surface area contributed by atoms with Crippen molar-refractivity contribution in [2.75, 3.05) is 16.8 Å². The third kappa shape index (κ3) is 5.59. The second-order valence-corrected chi connectivity index (χ2v) is 11.1. The highest BCUT2D eigenvalue weighted by Gasteiger charge is 2.26. The van der Waals surface area contributed by atoms with Crippen molar-refractivity contribution in [2.45, 2.75) is 80.4 Å². The fraction of sp³-hybridized carbons (Fsp3) is 0.619. The molecule has 1 N–H and O–H groups in total. The number of nitrogens with one attached hydrogen (secondary N) is 1. The van der Waals surface area contributed by atoms with E-state index in [1.807, 2.05) is 13.8 Å². The summed E-state index contributed by atoms with van der Waals surface area (Å²) in [4.78, 5) is 12.7. The summed E-state index contributed by atoms with van der Waals surface area (Å²) in [6, 6.07) is 2.66. The van der Waals surface area contributed by atoms with E-state index in [0.717, 1.165) is 45.0 Å². The van der Waals surface area contributed by atoms with Gasteiger partial charge in [-0.2, -0.15) is 5.26 Å². The molecule has 0 unspecified atom stereocenters. The first-order chi connectivity index (χ1) is 14.5. The third-order valence-corrected chi connectivity index (χ3v) is 8.78. The van der Waals surface area contributed by atoms with E-state index >= 15 is 0 Å². The van der Waals surface area contributed by atoms with Gasteiger partial charge in [0.25, 0.3) is 0 Å². The zero-order valence-corrected chi connectivity index (χ0v) is 20.3. The van der Waals surface area contributed by atoms with Crippen LogP contribution in [0.5, 0.6) is 0 Å². The Hall–Kier alpha value is -1.50. The standard InChI is InChI=1S/C21H29N5OS3/c1-4-5-11-28-20-24-25-21(30-20)29-13-18(27)23-19-17(12-22)14(2)15(3)26(19)16-9-7-6-8-10-16/h16H,4-11,13H2,1-3H3,(H,23,27). The van der Waals surface area contributed by atoms with Crippen LogP contribution in [-0.4, -0.2) is 32.2 Å². The molecular formula is C21H29N5OS3. The van der Waals surface area contributed by atoms with Gasteiger partial charge in [0.05, 0.1) is 11.3 Å². The number of rotatable bonds is 9. The van der Waals surface area contributed by atoms with Crippen LogP contribution in [0.4, 0.5) is 5.82 Å². The van der Waals surface area contributed by atoms with Crippen molar-refractivity contribution in [3.8, 4) is 6.07 Å². The van der Waals surface area contributed by atoms with Crippen molar-refractivity contribution < 1.29 is 4.79 Å². The van der Waals surface area contributed by atoms with Gasteiger partial charge in [-0.05, 0) is 38.7 Å². The van der Waals surface area contributed by atoms with E-state index < -0.39 is 0 Å². The third-order valence-electron chi connectivity index (χ3n) is 5.50. The van der Waals surface area contributed by atoms with Crippen LogP contribution in [-0.2, 0) is 4.79 Å². The SMILES string of the molecule is CCCCSc1nnc(SCC(=O)Nc2c(C#N)c(C)c(C)n2C2CCCCC2)s1. The van der Waals surface area contributed by atoms with E-state index in [1.165, 1.54) is 48.8 Å². The molecule has 0 aromatic carbocycles. The van der Waals surface area contributed by atoms with Crippen LogP contribution >= 0.6 is 34.9 Å². The number of unbranched alkanes of at least 4 members (excludes halogenated alkanes) is 1. The van der Waals surface area contributed by atoms with Gasteiger partial charge in [-0.3, -0.25) is 4.79 Å². The zero-order chi connectivity index (χ0) is 21.5. The summed E-state index contributed by atoms with van der Waals surface area (Å²) in [7, 11) is 0. The fourth-order valence-electron chi connectivity index (χ4n) is 3.80. The minimum absolute atomic E-state index is 0.110. The molecule has 0 saturated heterocycles. The Balaban J connectivity index is 1.66. The number of amides is 1. The number of thioether (sulfide) groups is 2. The number of anilines is 1. The predicted molar refractivity (Wildman–Crippen MR) is 126 cm³/mol. The number of hydrogen-bond donors (Lipinski definition) is 1. The number of nitriles is 1. The molecule has 0 spiro atoms. The van der Waals surface area contributed by atoms with Gasteiger partial charge in [-0.15, -0.1) is 10.2 Å². The van der Waals surface area contributed by atoms with Crippen LogP contribution in [0.1, 0.15) is 74.7 Å². The maximum absolute atomic E-state index is 12.7. The summed E-state index contributed by atoms with van der Waals surface area (Å²) in [5.74, 6) is 1.86. The Kier molecular flexibility index (Phi) is 8.66. The van der Waals surface area contributed by atoms with Gasteiger partial charge < -0.3 is 9.88 Å². The minimum atomic E-state index is -0.110. The molecule has 30 heavy (non-hydrogen) atoms. The lowest BCUT2D eigenvalue weighted by Crippen LogP contribution is -2.21. The maximum atomic E-state index is 12.7. The van der Waals surface area contributed by atoms with Crippen molar-refractivity contribution in [2.24, 2.45) is 0 Å². The average Bonchev–Trinajstić information content (AvgIpc) is 3.30. The van der Waals surface area contributed by atoms with E-state index in [0.29, 0.717) is 17.4 Å². The van der Waals surface area contributed by atoms with E-state index in [4.69, 9.17) is 0 Å². The Morgan fingerprint density at radius 3 is 2.60 bits per heavy atom. The lowest BCUT2D eigenvalue weighted by atomic mass is 9.95. The molecule has 0 bridgehead atoms. The largest absolute Gasteiger partial charge is 0.327 e. The molecule has 2 heterocycles. The summed E-state index contributed by atoms with van der Waals surface area (Å²) in [5.41, 5.74) is 2.63. The molecule has 0 aliphatic heterocycles. The summed E-state index contributed by atoms with van der Waals surface area (Å²) >= 11 is 4.66. The van der Waals surface area contributed by atoms with E-state index in [2.05, 4.69) is 33.1 Å². The smallest absolute Gasteiger partial charge is 0.235 e. The molecule has 3 rings (SSSR count). The monoisotopic (exact) mass is 463 g/mol. The van der Waals surface area contributed by atoms with E-state index in [9.17, 15) is 10.1 Å². The minimum Gasteiger partial charge on any atom is -0.327 e. The first kappa shape index (κ1) is 23.2. The number of carbonyl (C=O) groups excluding carboxylic acids is 1. The van der Waals surface area contributed by atoms with Crippen LogP contribution in [0, 0.1) is 25.2 Å². The quantitative estimate of drug-likeness (QED) is 0.365. The zero-order valence-electron chi connectivity index (χ0n) is 17.9. The molecule has 1 fully saturated rings. The molecule has 162 valence electrons. The second-order valence-electron chi connectivity index (χ2n) is 7.58.